The number of allylic oxidation sites excluding steroid dienone is 5. The average molecular weight is 119 g/mol. The van der Waals surface area contributed by atoms with Gasteiger partial charge in [0.25, 0.3) is 0 Å². The highest BCUT2D eigenvalue weighted by molar-refractivity contribution is 6.12. The van der Waals surface area contributed by atoms with Crippen LogP contribution in [0.15, 0.2) is 29.9 Å². The lowest BCUT2D eigenvalue weighted by Crippen LogP contribution is -1.98. The van der Waals surface area contributed by atoms with E-state index in [0.717, 1.165) is 0 Å². The minimum absolute atomic E-state index is 0.146. The summed E-state index contributed by atoms with van der Waals surface area (Å²) < 4.78 is 0. The molecule has 9 heavy (non-hydrogen) atoms. The highest BCUT2D eigenvalue weighted by Crippen LogP contribution is 2.00. The minimum Gasteiger partial charge on any atom is -0.289 e. The Bertz CT molecular complexity index is 242. The van der Waals surface area contributed by atoms with Gasteiger partial charge >= 0.3 is 0 Å². The summed E-state index contributed by atoms with van der Waals surface area (Å²) in [5, 5.41) is 6.63. The smallest absolute Gasteiger partial charge is 0.195 e. The monoisotopic (exact) mass is 119 g/mol. The molecule has 0 saturated heterocycles. The fraction of sp³-hybridized carbons (Fsp3) is 0. The van der Waals surface area contributed by atoms with Gasteiger partial charge < -0.3 is 0 Å². The van der Waals surface area contributed by atoms with Crippen molar-refractivity contribution in [2.24, 2.45) is 0 Å². The van der Waals surface area contributed by atoms with E-state index in [2.05, 4.69) is 0 Å². The first-order chi connectivity index (χ1) is 4.34. The van der Waals surface area contributed by atoms with Gasteiger partial charge in [-0.05, 0) is 18.0 Å². The van der Waals surface area contributed by atoms with Gasteiger partial charge in [0.15, 0.2) is 5.78 Å². The van der Waals surface area contributed by atoms with Crippen molar-refractivity contribution in [2.45, 2.75) is 0 Å². The Morgan fingerprint density at radius 2 is 2.00 bits per heavy atom. The van der Waals surface area contributed by atoms with Crippen molar-refractivity contribution in [3.63, 3.8) is 0 Å². The Labute approximate surface area is 52.7 Å². The van der Waals surface area contributed by atoms with Gasteiger partial charge in [-0.15, -0.1) is 0 Å². The molecule has 0 saturated carbocycles. The van der Waals surface area contributed by atoms with Gasteiger partial charge in [-0.25, -0.2) is 0 Å². The van der Waals surface area contributed by atoms with Crippen molar-refractivity contribution >= 4 is 11.7 Å². The molecule has 1 aliphatic rings. The molecule has 0 aromatic heterocycles. The van der Waals surface area contributed by atoms with Gasteiger partial charge in [0.2, 0.25) is 0 Å². The van der Waals surface area contributed by atoms with Crippen LogP contribution >= 0.6 is 0 Å². The fourth-order valence-corrected chi connectivity index (χ4v) is 0.570. The van der Waals surface area contributed by atoms with Gasteiger partial charge in [0, 0.05) is 0 Å². The number of nitrogens with one attached hydrogen (secondary N) is 1. The molecular formula is C7H5NO. The van der Waals surface area contributed by atoms with E-state index in [1.165, 1.54) is 6.08 Å². The van der Waals surface area contributed by atoms with Crippen LogP contribution in [0.4, 0.5) is 0 Å². The van der Waals surface area contributed by atoms with Crippen LogP contribution in [0.2, 0.25) is 0 Å². The molecule has 0 aromatic rings. The molecule has 1 aliphatic carbocycles. The van der Waals surface area contributed by atoms with Gasteiger partial charge in [-0.3, -0.25) is 10.2 Å². The van der Waals surface area contributed by atoms with Crippen LogP contribution in [-0.4, -0.2) is 11.7 Å². The van der Waals surface area contributed by atoms with Crippen molar-refractivity contribution in [3.8, 4) is 0 Å². The summed E-state index contributed by atoms with van der Waals surface area (Å²) in [6.45, 7) is 0. The third-order valence-corrected chi connectivity index (χ3v) is 1.02. The number of rotatable bonds is 0. The van der Waals surface area contributed by atoms with Crippen LogP contribution in [0.3, 0.4) is 0 Å². The van der Waals surface area contributed by atoms with Gasteiger partial charge in [-0.2, -0.15) is 0 Å². The van der Waals surface area contributed by atoms with Gasteiger partial charge in [0.1, 0.15) is 0 Å². The Balaban J connectivity index is 3.04. The lowest BCUT2D eigenvalue weighted by molar-refractivity contribution is -0.111. The largest absolute Gasteiger partial charge is 0.289 e. The minimum atomic E-state index is -0.146. The zero-order valence-corrected chi connectivity index (χ0v) is 4.72. The van der Waals surface area contributed by atoms with Crippen molar-refractivity contribution in [1.82, 2.24) is 0 Å². The summed E-state index contributed by atoms with van der Waals surface area (Å²) >= 11 is 0. The third-order valence-electron chi connectivity index (χ3n) is 1.02. The number of hydrogen-bond acceptors (Lipinski definition) is 2. The third kappa shape index (κ3) is 1.04. The van der Waals surface area contributed by atoms with E-state index in [1.54, 1.807) is 18.2 Å². The van der Waals surface area contributed by atoms with E-state index in [4.69, 9.17) is 5.41 Å². The summed E-state index contributed by atoms with van der Waals surface area (Å²) in [5.41, 5.74) is 0.317. The second-order valence-electron chi connectivity index (χ2n) is 1.62. The van der Waals surface area contributed by atoms with Crippen LogP contribution in [0.5, 0.6) is 0 Å². The van der Waals surface area contributed by atoms with E-state index in [-0.39, 0.29) is 5.78 Å². The average Bonchev–Trinajstić information content (AvgIpc) is 1.89. The lowest BCUT2D eigenvalue weighted by atomic mass is 10.1. The first-order valence-corrected chi connectivity index (χ1v) is 2.53. The molecule has 0 aromatic carbocycles. The maximum Gasteiger partial charge on any atom is 0.195 e. The molecule has 0 amide bonds. The number of ketones is 1. The SMILES string of the molecule is N=C=C1C=CC=CC1=O. The normalized spacial score (nSPS) is 16.0. The van der Waals surface area contributed by atoms with Crippen molar-refractivity contribution in [2.75, 3.05) is 0 Å². The fourth-order valence-electron chi connectivity index (χ4n) is 0.570. The summed E-state index contributed by atoms with van der Waals surface area (Å²) in [4.78, 5) is 10.7. The van der Waals surface area contributed by atoms with Gasteiger partial charge in [-0.1, -0.05) is 12.2 Å². The first-order valence-electron chi connectivity index (χ1n) is 2.53. The molecule has 1 rings (SSSR count). The molecule has 0 aliphatic heterocycles. The highest BCUT2D eigenvalue weighted by atomic mass is 16.1. The van der Waals surface area contributed by atoms with Crippen molar-refractivity contribution < 1.29 is 4.79 Å². The topological polar surface area (TPSA) is 40.9 Å². The van der Waals surface area contributed by atoms with Gasteiger partial charge in [0.05, 0.1) is 5.57 Å². The molecule has 0 atom stereocenters. The molecule has 0 radical (unpaired) electrons. The molecule has 1 N–H and O–H groups in total. The molecule has 0 bridgehead atoms. The number of carbonyl (C=O) groups excluding carboxylic acids is 1. The predicted octanol–water partition coefficient (Wildman–Crippen LogP) is 0.856. The Kier molecular flexibility index (Phi) is 1.43. The van der Waals surface area contributed by atoms with Crippen LogP contribution in [0.25, 0.3) is 0 Å². The second-order valence-corrected chi connectivity index (χ2v) is 1.62. The maximum atomic E-state index is 10.7. The van der Waals surface area contributed by atoms with Crippen molar-refractivity contribution in [1.29, 1.82) is 5.41 Å². The van der Waals surface area contributed by atoms with Crippen LogP contribution in [0, 0.1) is 5.41 Å². The summed E-state index contributed by atoms with van der Waals surface area (Å²) in [5.74, 6) is 1.89. The van der Waals surface area contributed by atoms with E-state index in [0.29, 0.717) is 5.57 Å². The molecule has 44 valence electrons. The quantitative estimate of drug-likeness (QED) is 0.373. The summed E-state index contributed by atoms with van der Waals surface area (Å²) in [7, 11) is 0. The zero-order chi connectivity index (χ0) is 6.69. The van der Waals surface area contributed by atoms with E-state index >= 15 is 0 Å². The standard InChI is InChI=1S/C7H5NO/c8-5-6-3-1-2-4-7(6)9/h1-4,8H. The van der Waals surface area contributed by atoms with Crippen LogP contribution < -0.4 is 0 Å². The van der Waals surface area contributed by atoms with E-state index in [1.807, 2.05) is 5.87 Å². The summed E-state index contributed by atoms with van der Waals surface area (Å²) in [6.07, 6.45) is 6.33. The van der Waals surface area contributed by atoms with Crippen LogP contribution in [0.1, 0.15) is 0 Å². The number of hydrogen-bond donors (Lipinski definition) is 1. The molecule has 2 nitrogen and oxygen atoms in total. The molecule has 2 heteroatoms. The second kappa shape index (κ2) is 2.25. The van der Waals surface area contributed by atoms with Crippen LogP contribution in [-0.2, 0) is 4.79 Å². The van der Waals surface area contributed by atoms with Crippen molar-refractivity contribution in [3.05, 3.63) is 29.9 Å². The molecule has 0 spiro atoms. The first kappa shape index (κ1) is 5.73. The highest BCUT2D eigenvalue weighted by Gasteiger charge is 2.02. The molecule has 0 heterocycles. The maximum absolute atomic E-state index is 10.7. The predicted molar refractivity (Wildman–Crippen MR) is 34.5 cm³/mol. The zero-order valence-electron chi connectivity index (χ0n) is 4.72. The Morgan fingerprint density at radius 3 is 2.44 bits per heavy atom. The lowest BCUT2D eigenvalue weighted by Gasteiger charge is -1.93. The van der Waals surface area contributed by atoms with E-state index in [9.17, 15) is 4.79 Å². The van der Waals surface area contributed by atoms with E-state index < -0.39 is 0 Å². The molecule has 0 fully saturated rings. The molecular weight excluding hydrogens is 114 g/mol. The molecule has 0 unspecified atom stereocenters. The number of carbonyl (C=O) groups is 1. The summed E-state index contributed by atoms with van der Waals surface area (Å²) in [6, 6.07) is 0. The Morgan fingerprint density at radius 1 is 1.33 bits per heavy atom. The Hall–Kier alpha value is -1.40.